The van der Waals surface area contributed by atoms with Crippen LogP contribution >= 0.6 is 15.9 Å². The average Bonchev–Trinajstić information content (AvgIpc) is 2.30. The Hall–Kier alpha value is -1.17. The Morgan fingerprint density at radius 3 is 2.61 bits per heavy atom. The lowest BCUT2D eigenvalue weighted by atomic mass is 9.97. The Morgan fingerprint density at radius 2 is 2.06 bits per heavy atom. The predicted octanol–water partition coefficient (Wildman–Crippen LogP) is 3.52. The van der Waals surface area contributed by atoms with Crippen molar-refractivity contribution in [3.8, 4) is 0 Å². The van der Waals surface area contributed by atoms with Gasteiger partial charge in [0.15, 0.2) is 0 Å². The maximum atomic E-state index is 11.1. The Bertz CT molecular complexity index is 457. The standard InChI is InChI=1S/C12H16BrN3O2/c1-8-4-3-5-9(2)15(8)12-11(16(17)18)6-10(13)7-14-12/h6-9H,3-5H2,1-2H3. The summed E-state index contributed by atoms with van der Waals surface area (Å²) >= 11 is 3.23. The molecule has 1 aromatic heterocycles. The van der Waals surface area contributed by atoms with Crippen LogP contribution in [0, 0.1) is 10.1 Å². The van der Waals surface area contributed by atoms with Crippen LogP contribution in [0.4, 0.5) is 11.5 Å². The van der Waals surface area contributed by atoms with Gasteiger partial charge in [0.2, 0.25) is 5.82 Å². The smallest absolute Gasteiger partial charge is 0.312 e. The number of nitrogens with zero attached hydrogens (tertiary/aromatic N) is 3. The van der Waals surface area contributed by atoms with Gasteiger partial charge in [0.1, 0.15) is 0 Å². The maximum absolute atomic E-state index is 11.1. The van der Waals surface area contributed by atoms with Gasteiger partial charge in [0, 0.05) is 28.8 Å². The minimum absolute atomic E-state index is 0.0741. The third-order valence-electron chi connectivity index (χ3n) is 3.45. The Kier molecular flexibility index (Phi) is 3.85. The predicted molar refractivity (Wildman–Crippen MR) is 73.8 cm³/mol. The van der Waals surface area contributed by atoms with Crippen molar-refractivity contribution in [1.29, 1.82) is 0 Å². The summed E-state index contributed by atoms with van der Waals surface area (Å²) in [7, 11) is 0. The largest absolute Gasteiger partial charge is 0.345 e. The summed E-state index contributed by atoms with van der Waals surface area (Å²) < 4.78 is 0.635. The summed E-state index contributed by atoms with van der Waals surface area (Å²) in [6.45, 7) is 4.20. The molecule has 2 rings (SSSR count). The molecule has 0 amide bonds. The molecule has 1 aliphatic rings. The van der Waals surface area contributed by atoms with Gasteiger partial charge in [-0.15, -0.1) is 0 Å². The topological polar surface area (TPSA) is 59.3 Å². The van der Waals surface area contributed by atoms with E-state index in [-0.39, 0.29) is 10.6 Å². The summed E-state index contributed by atoms with van der Waals surface area (Å²) in [5.41, 5.74) is 0.0741. The lowest BCUT2D eigenvalue weighted by molar-refractivity contribution is -0.384. The number of hydrogen-bond donors (Lipinski definition) is 0. The van der Waals surface area contributed by atoms with Gasteiger partial charge in [0.25, 0.3) is 0 Å². The molecule has 0 aromatic carbocycles. The molecule has 0 N–H and O–H groups in total. The molecule has 1 aromatic rings. The number of pyridine rings is 1. The highest BCUT2D eigenvalue weighted by atomic mass is 79.9. The summed E-state index contributed by atoms with van der Waals surface area (Å²) in [4.78, 5) is 17.1. The average molecular weight is 314 g/mol. The summed E-state index contributed by atoms with van der Waals surface area (Å²) in [5.74, 6) is 0.489. The molecular formula is C12H16BrN3O2. The molecule has 5 nitrogen and oxygen atoms in total. The van der Waals surface area contributed by atoms with Crippen LogP contribution in [0.5, 0.6) is 0 Å². The van der Waals surface area contributed by atoms with Gasteiger partial charge in [-0.2, -0.15) is 0 Å². The van der Waals surface area contributed by atoms with E-state index in [9.17, 15) is 10.1 Å². The second kappa shape index (κ2) is 5.22. The van der Waals surface area contributed by atoms with Gasteiger partial charge in [-0.25, -0.2) is 4.98 Å². The van der Waals surface area contributed by atoms with Gasteiger partial charge in [-0.3, -0.25) is 10.1 Å². The first-order valence-corrected chi connectivity index (χ1v) is 6.88. The first kappa shape index (κ1) is 13.3. The van der Waals surface area contributed by atoms with Crippen LogP contribution in [0.2, 0.25) is 0 Å². The van der Waals surface area contributed by atoms with E-state index in [1.807, 2.05) is 0 Å². The van der Waals surface area contributed by atoms with Crippen molar-refractivity contribution in [2.24, 2.45) is 0 Å². The fourth-order valence-electron chi connectivity index (χ4n) is 2.59. The molecule has 0 aliphatic carbocycles. The van der Waals surface area contributed by atoms with Crippen molar-refractivity contribution in [3.63, 3.8) is 0 Å². The van der Waals surface area contributed by atoms with E-state index in [2.05, 4.69) is 39.7 Å². The number of rotatable bonds is 2. The van der Waals surface area contributed by atoms with Gasteiger partial charge in [0.05, 0.1) is 4.92 Å². The molecule has 1 saturated heterocycles. The number of halogens is 1. The van der Waals surface area contributed by atoms with Crippen LogP contribution in [0.25, 0.3) is 0 Å². The molecule has 2 unspecified atom stereocenters. The third-order valence-corrected chi connectivity index (χ3v) is 3.88. The van der Waals surface area contributed by atoms with E-state index >= 15 is 0 Å². The number of piperidine rings is 1. The fourth-order valence-corrected chi connectivity index (χ4v) is 2.91. The molecule has 1 aliphatic heterocycles. The molecule has 18 heavy (non-hydrogen) atoms. The fraction of sp³-hybridized carbons (Fsp3) is 0.583. The highest BCUT2D eigenvalue weighted by molar-refractivity contribution is 9.10. The molecular weight excluding hydrogens is 298 g/mol. The van der Waals surface area contributed by atoms with E-state index in [4.69, 9.17) is 0 Å². The van der Waals surface area contributed by atoms with Crippen molar-refractivity contribution in [2.45, 2.75) is 45.2 Å². The van der Waals surface area contributed by atoms with Crippen molar-refractivity contribution < 1.29 is 4.92 Å². The van der Waals surface area contributed by atoms with Crippen LogP contribution < -0.4 is 4.90 Å². The van der Waals surface area contributed by atoms with Crippen molar-refractivity contribution in [1.82, 2.24) is 4.98 Å². The lowest BCUT2D eigenvalue weighted by Crippen LogP contribution is -2.44. The zero-order valence-corrected chi connectivity index (χ0v) is 12.1. The van der Waals surface area contributed by atoms with E-state index in [0.717, 1.165) is 12.8 Å². The normalized spacial score (nSPS) is 24.1. The zero-order chi connectivity index (χ0) is 13.3. The Labute approximate surface area is 114 Å². The van der Waals surface area contributed by atoms with E-state index in [1.165, 1.54) is 12.5 Å². The number of aromatic nitrogens is 1. The number of hydrogen-bond acceptors (Lipinski definition) is 4. The highest BCUT2D eigenvalue weighted by Crippen LogP contribution is 2.35. The SMILES string of the molecule is CC1CCCC(C)N1c1ncc(Br)cc1[N+](=O)[O-]. The second-order valence-electron chi connectivity index (χ2n) is 4.79. The van der Waals surface area contributed by atoms with Crippen LogP contribution in [-0.4, -0.2) is 22.0 Å². The van der Waals surface area contributed by atoms with Crippen LogP contribution in [0.1, 0.15) is 33.1 Å². The van der Waals surface area contributed by atoms with E-state index < -0.39 is 0 Å². The van der Waals surface area contributed by atoms with Crippen molar-refractivity contribution in [2.75, 3.05) is 4.90 Å². The molecule has 98 valence electrons. The van der Waals surface area contributed by atoms with Gasteiger partial charge < -0.3 is 4.90 Å². The summed E-state index contributed by atoms with van der Waals surface area (Å²) in [6, 6.07) is 2.11. The zero-order valence-electron chi connectivity index (χ0n) is 10.5. The van der Waals surface area contributed by atoms with Crippen LogP contribution in [0.15, 0.2) is 16.7 Å². The third kappa shape index (κ3) is 2.48. The second-order valence-corrected chi connectivity index (χ2v) is 5.71. The van der Waals surface area contributed by atoms with Crippen LogP contribution in [-0.2, 0) is 0 Å². The first-order chi connectivity index (χ1) is 8.50. The molecule has 0 spiro atoms. The molecule has 1 fully saturated rings. The first-order valence-electron chi connectivity index (χ1n) is 6.09. The maximum Gasteiger partial charge on any atom is 0.312 e. The monoisotopic (exact) mass is 313 g/mol. The van der Waals surface area contributed by atoms with Crippen LogP contribution in [0.3, 0.4) is 0 Å². The molecule has 0 bridgehead atoms. The van der Waals surface area contributed by atoms with E-state index in [0.29, 0.717) is 22.4 Å². The molecule has 0 radical (unpaired) electrons. The molecule has 0 saturated carbocycles. The Morgan fingerprint density at radius 1 is 1.44 bits per heavy atom. The quantitative estimate of drug-likeness (QED) is 0.619. The summed E-state index contributed by atoms with van der Waals surface area (Å²) in [6.07, 6.45) is 4.90. The van der Waals surface area contributed by atoms with Crippen molar-refractivity contribution >= 4 is 27.4 Å². The van der Waals surface area contributed by atoms with Gasteiger partial charge >= 0.3 is 5.69 Å². The summed E-state index contributed by atoms with van der Waals surface area (Å²) in [5, 5.41) is 11.1. The Balaban J connectivity index is 2.45. The minimum atomic E-state index is -0.360. The number of anilines is 1. The van der Waals surface area contributed by atoms with Gasteiger partial charge in [-0.1, -0.05) is 0 Å². The highest BCUT2D eigenvalue weighted by Gasteiger charge is 2.31. The molecule has 2 heterocycles. The van der Waals surface area contributed by atoms with Gasteiger partial charge in [-0.05, 0) is 49.0 Å². The van der Waals surface area contributed by atoms with Crippen molar-refractivity contribution in [3.05, 3.63) is 26.9 Å². The minimum Gasteiger partial charge on any atom is -0.345 e. The van der Waals surface area contributed by atoms with E-state index in [1.54, 1.807) is 6.20 Å². The number of nitro groups is 1. The molecule has 6 heteroatoms. The lowest BCUT2D eigenvalue weighted by Gasteiger charge is -2.39. The molecule has 2 atom stereocenters.